The van der Waals surface area contributed by atoms with Crippen LogP contribution in [0.5, 0.6) is 0 Å². The highest BCUT2D eigenvalue weighted by molar-refractivity contribution is 7.58. The minimum atomic E-state index is -2.54. The van der Waals surface area contributed by atoms with Gasteiger partial charge in [-0.2, -0.15) is 0 Å². The number of rotatable bonds is 5. The molecule has 0 bridgehead atoms. The summed E-state index contributed by atoms with van der Waals surface area (Å²) in [6.07, 6.45) is 2.07. The molecule has 5 heteroatoms. The van der Waals surface area contributed by atoms with Gasteiger partial charge in [0.25, 0.3) is 0 Å². The van der Waals surface area contributed by atoms with Crippen molar-refractivity contribution in [3.05, 3.63) is 34.2 Å². The Hall–Kier alpha value is -0.860. The van der Waals surface area contributed by atoms with Crippen molar-refractivity contribution in [2.45, 2.75) is 19.8 Å². The minimum absolute atomic E-state index is 0.0599. The lowest BCUT2D eigenvalue weighted by molar-refractivity contribution is 0.335. The molecule has 0 fully saturated rings. The van der Waals surface area contributed by atoms with Crippen molar-refractivity contribution in [1.82, 2.24) is 4.98 Å². The Kier molecular flexibility index (Phi) is 4.51. The molecule has 1 aromatic heterocycles. The second kappa shape index (κ2) is 5.46. The molecule has 0 amide bonds. The van der Waals surface area contributed by atoms with Gasteiger partial charge in [0.2, 0.25) is 12.9 Å². The number of pyridine rings is 1. The minimum Gasteiger partial charge on any atom is -0.329 e. The molecule has 90 valence electrons. The molecule has 0 saturated carbocycles. The Balaban J connectivity index is 2.76. The normalized spacial score (nSPS) is 16.7. The van der Waals surface area contributed by atoms with E-state index >= 15 is 0 Å². The number of aromatic amines is 1. The molecule has 0 saturated heterocycles. The standard InChI is InChI=1S/C11H18NO3P/c1-4-15-16(3,14)8-9(2)10-5-6-12-11(13)7-10/h5-7,9H,4,8H2,1-3H3,(H,12,13)/t9-,16?/m1/s1. The van der Waals surface area contributed by atoms with Crippen molar-refractivity contribution in [3.8, 4) is 0 Å². The van der Waals surface area contributed by atoms with Crippen LogP contribution in [-0.4, -0.2) is 24.4 Å². The fraction of sp³-hybridized carbons (Fsp3) is 0.545. The summed E-state index contributed by atoms with van der Waals surface area (Å²) in [4.78, 5) is 13.7. The van der Waals surface area contributed by atoms with Crippen LogP contribution in [-0.2, 0) is 9.09 Å². The van der Waals surface area contributed by atoms with Crippen LogP contribution in [0, 0.1) is 0 Å². The average molecular weight is 243 g/mol. The van der Waals surface area contributed by atoms with E-state index in [2.05, 4.69) is 4.98 Å². The molecule has 0 radical (unpaired) electrons. The molecular formula is C11H18NO3P. The van der Waals surface area contributed by atoms with Gasteiger partial charge in [-0.1, -0.05) is 6.92 Å². The third-order valence-corrected chi connectivity index (χ3v) is 4.39. The van der Waals surface area contributed by atoms with E-state index in [0.717, 1.165) is 5.56 Å². The second-order valence-corrected chi connectivity index (χ2v) is 6.65. The fourth-order valence-electron chi connectivity index (χ4n) is 1.70. The van der Waals surface area contributed by atoms with Crippen LogP contribution in [0.15, 0.2) is 23.1 Å². The molecule has 1 unspecified atom stereocenters. The lowest BCUT2D eigenvalue weighted by atomic mass is 10.1. The highest BCUT2D eigenvalue weighted by Gasteiger charge is 2.20. The Morgan fingerprint density at radius 3 is 2.81 bits per heavy atom. The number of hydrogen-bond acceptors (Lipinski definition) is 3. The highest BCUT2D eigenvalue weighted by atomic mass is 31.2. The van der Waals surface area contributed by atoms with Crippen LogP contribution < -0.4 is 5.56 Å². The molecular weight excluding hydrogens is 225 g/mol. The van der Waals surface area contributed by atoms with E-state index in [0.29, 0.717) is 12.8 Å². The van der Waals surface area contributed by atoms with Gasteiger partial charge in [0.1, 0.15) is 0 Å². The van der Waals surface area contributed by atoms with Crippen LogP contribution >= 0.6 is 7.37 Å². The van der Waals surface area contributed by atoms with E-state index in [4.69, 9.17) is 4.52 Å². The van der Waals surface area contributed by atoms with Crippen molar-refractivity contribution in [3.63, 3.8) is 0 Å². The predicted molar refractivity (Wildman–Crippen MR) is 65.5 cm³/mol. The van der Waals surface area contributed by atoms with Gasteiger partial charge in [0, 0.05) is 25.1 Å². The van der Waals surface area contributed by atoms with Crippen molar-refractivity contribution in [2.24, 2.45) is 0 Å². The molecule has 16 heavy (non-hydrogen) atoms. The third-order valence-electron chi connectivity index (χ3n) is 2.38. The van der Waals surface area contributed by atoms with Gasteiger partial charge in [-0.05, 0) is 24.5 Å². The summed E-state index contributed by atoms with van der Waals surface area (Å²) in [7, 11) is -2.54. The molecule has 2 atom stereocenters. The van der Waals surface area contributed by atoms with E-state index in [1.807, 2.05) is 19.9 Å². The van der Waals surface area contributed by atoms with Crippen molar-refractivity contribution < 1.29 is 9.09 Å². The fourth-order valence-corrected chi connectivity index (χ4v) is 3.55. The molecule has 1 rings (SSSR count). The summed E-state index contributed by atoms with van der Waals surface area (Å²) < 4.78 is 17.2. The van der Waals surface area contributed by atoms with E-state index in [1.165, 1.54) is 6.07 Å². The van der Waals surface area contributed by atoms with Gasteiger partial charge in [-0.3, -0.25) is 9.36 Å². The molecule has 1 heterocycles. The first-order chi connectivity index (χ1) is 7.44. The highest BCUT2D eigenvalue weighted by Crippen LogP contribution is 2.45. The zero-order valence-corrected chi connectivity index (χ0v) is 10.8. The topological polar surface area (TPSA) is 59.2 Å². The van der Waals surface area contributed by atoms with Crippen molar-refractivity contribution in [2.75, 3.05) is 19.4 Å². The molecule has 1 N–H and O–H groups in total. The van der Waals surface area contributed by atoms with Gasteiger partial charge in [0.15, 0.2) is 0 Å². The Morgan fingerprint density at radius 2 is 2.25 bits per heavy atom. The zero-order chi connectivity index (χ0) is 12.2. The summed E-state index contributed by atoms with van der Waals surface area (Å²) in [6.45, 7) is 5.87. The molecule has 0 aromatic carbocycles. The molecule has 4 nitrogen and oxygen atoms in total. The van der Waals surface area contributed by atoms with Crippen molar-refractivity contribution >= 4 is 7.37 Å². The molecule has 1 aromatic rings. The van der Waals surface area contributed by atoms with Gasteiger partial charge in [-0.25, -0.2) is 0 Å². The van der Waals surface area contributed by atoms with Crippen LogP contribution in [0.4, 0.5) is 0 Å². The first kappa shape index (κ1) is 13.2. The third kappa shape index (κ3) is 3.95. The SMILES string of the molecule is CCOP(C)(=O)C[C@@H](C)c1cc[nH]c(=O)c1. The summed E-state index contributed by atoms with van der Waals surface area (Å²) >= 11 is 0. The molecule has 0 spiro atoms. The predicted octanol–water partition coefficient (Wildman–Crippen LogP) is 2.42. The summed E-state index contributed by atoms with van der Waals surface area (Å²) in [6, 6.07) is 3.37. The smallest absolute Gasteiger partial charge is 0.248 e. The maximum Gasteiger partial charge on any atom is 0.248 e. The zero-order valence-electron chi connectivity index (χ0n) is 9.90. The maximum atomic E-state index is 12.0. The van der Waals surface area contributed by atoms with E-state index in [1.54, 1.807) is 12.9 Å². The lowest BCUT2D eigenvalue weighted by Gasteiger charge is -2.17. The largest absolute Gasteiger partial charge is 0.329 e. The molecule has 0 aliphatic carbocycles. The van der Waals surface area contributed by atoms with Gasteiger partial charge < -0.3 is 9.51 Å². The van der Waals surface area contributed by atoms with Gasteiger partial charge in [0.05, 0.1) is 6.61 Å². The lowest BCUT2D eigenvalue weighted by Crippen LogP contribution is -2.09. The Morgan fingerprint density at radius 1 is 1.56 bits per heavy atom. The molecule has 0 aliphatic heterocycles. The quantitative estimate of drug-likeness (QED) is 0.808. The number of nitrogens with one attached hydrogen (secondary N) is 1. The van der Waals surface area contributed by atoms with Gasteiger partial charge in [-0.15, -0.1) is 0 Å². The summed E-state index contributed by atoms with van der Waals surface area (Å²) in [5.74, 6) is 0.0599. The van der Waals surface area contributed by atoms with Crippen molar-refractivity contribution in [1.29, 1.82) is 0 Å². The van der Waals surface area contributed by atoms with E-state index in [-0.39, 0.29) is 11.5 Å². The molecule has 0 aliphatic rings. The number of hydrogen-bond donors (Lipinski definition) is 1. The Bertz CT molecular complexity index is 441. The van der Waals surface area contributed by atoms with E-state index in [9.17, 15) is 9.36 Å². The monoisotopic (exact) mass is 243 g/mol. The average Bonchev–Trinajstić information content (AvgIpc) is 2.16. The van der Waals surface area contributed by atoms with Gasteiger partial charge >= 0.3 is 0 Å². The van der Waals surface area contributed by atoms with Crippen LogP contribution in [0.3, 0.4) is 0 Å². The number of H-pyrrole nitrogens is 1. The summed E-state index contributed by atoms with van der Waals surface area (Å²) in [5.41, 5.74) is 0.761. The Labute approximate surface area is 95.5 Å². The first-order valence-electron chi connectivity index (χ1n) is 5.34. The van der Waals surface area contributed by atoms with Crippen LogP contribution in [0.2, 0.25) is 0 Å². The maximum absolute atomic E-state index is 12.0. The second-order valence-electron chi connectivity index (χ2n) is 4.00. The van der Waals surface area contributed by atoms with Crippen LogP contribution in [0.25, 0.3) is 0 Å². The number of aromatic nitrogens is 1. The summed E-state index contributed by atoms with van der Waals surface area (Å²) in [5, 5.41) is 0. The van der Waals surface area contributed by atoms with E-state index < -0.39 is 7.37 Å². The first-order valence-corrected chi connectivity index (χ1v) is 7.60. The van der Waals surface area contributed by atoms with Crippen LogP contribution in [0.1, 0.15) is 25.3 Å².